The van der Waals surface area contributed by atoms with Gasteiger partial charge < -0.3 is 14.2 Å². The van der Waals surface area contributed by atoms with E-state index in [-0.39, 0.29) is 34.4 Å². The normalized spacial score (nSPS) is 12.1. The van der Waals surface area contributed by atoms with E-state index in [2.05, 4.69) is 0 Å². The predicted octanol–water partition coefficient (Wildman–Crippen LogP) is 6.23. The highest BCUT2D eigenvalue weighted by atomic mass is 32.2. The van der Waals surface area contributed by atoms with Crippen LogP contribution in [0.25, 0.3) is 33.4 Å². The van der Waals surface area contributed by atoms with Crippen LogP contribution in [0.5, 0.6) is 0 Å². The Labute approximate surface area is 294 Å². The third-order valence-electron chi connectivity index (χ3n) is 7.73. The average Bonchev–Trinajstić information content (AvgIpc) is 3.15. The van der Waals surface area contributed by atoms with Gasteiger partial charge in [0, 0.05) is 11.1 Å². The summed E-state index contributed by atoms with van der Waals surface area (Å²) in [6.45, 7) is 0.247. The second kappa shape index (κ2) is 15.5. The molecule has 5 rings (SSSR count). The molecule has 0 fully saturated rings. The summed E-state index contributed by atoms with van der Waals surface area (Å²) in [6, 6.07) is 28.8. The number of rotatable bonds is 13. The minimum atomic E-state index is -5.14. The molecule has 51 heavy (non-hydrogen) atoms. The number of esters is 2. The summed E-state index contributed by atoms with van der Waals surface area (Å²) in [6.07, 6.45) is 0. The lowest BCUT2D eigenvalue weighted by Gasteiger charge is -2.21. The Balaban J connectivity index is 1.81. The fourth-order valence-electron chi connectivity index (χ4n) is 5.28. The zero-order chi connectivity index (χ0) is 36.8. The van der Waals surface area contributed by atoms with Gasteiger partial charge in [-0.15, -0.1) is 0 Å². The Kier molecular flexibility index (Phi) is 11.1. The van der Waals surface area contributed by atoms with Gasteiger partial charge in [0.25, 0.3) is 26.7 Å². The molecule has 0 spiro atoms. The summed E-state index contributed by atoms with van der Waals surface area (Å²) in [7, 11) is -7.76. The maximum Gasteiger partial charge on any atom is 0.337 e. The number of carbonyl (C=O) groups is 3. The van der Waals surface area contributed by atoms with Crippen molar-refractivity contribution in [2.75, 3.05) is 14.2 Å². The molecule has 14 heteroatoms. The van der Waals surface area contributed by atoms with Crippen molar-refractivity contribution < 1.29 is 54.2 Å². The molecule has 5 aromatic carbocycles. The third kappa shape index (κ3) is 8.38. The van der Waals surface area contributed by atoms with Crippen molar-refractivity contribution in [3.63, 3.8) is 0 Å². The van der Waals surface area contributed by atoms with E-state index >= 15 is 0 Å². The SMILES string of the molecule is COC(=O)c1ccc(-c2cc(-c3ccc(COC=O)cc3)c(S(=O)(=O)OC(c3ccccc3)S(=O)(=O)O)c(-c3ccc(C(=O)OC)cc3)c2)cc1. The van der Waals surface area contributed by atoms with Crippen LogP contribution in [0, 0.1) is 0 Å². The highest BCUT2D eigenvalue weighted by Gasteiger charge is 2.36. The summed E-state index contributed by atoms with van der Waals surface area (Å²) < 4.78 is 84.2. The molecule has 0 aliphatic heterocycles. The molecule has 0 aromatic heterocycles. The first kappa shape index (κ1) is 36.6. The molecule has 1 unspecified atom stereocenters. The zero-order valence-corrected chi connectivity index (χ0v) is 28.7. The second-order valence-electron chi connectivity index (χ2n) is 11.0. The van der Waals surface area contributed by atoms with Crippen LogP contribution in [-0.4, -0.2) is 54.0 Å². The fourth-order valence-corrected chi connectivity index (χ4v) is 7.81. The van der Waals surface area contributed by atoms with Gasteiger partial charge in [-0.3, -0.25) is 9.35 Å². The molecular weight excluding hydrogens is 701 g/mol. The molecular formula is C37H30O12S2. The molecule has 0 amide bonds. The Morgan fingerprint density at radius 1 is 0.667 bits per heavy atom. The molecule has 0 radical (unpaired) electrons. The maximum atomic E-state index is 14.5. The largest absolute Gasteiger partial charge is 0.465 e. The molecule has 1 N–H and O–H groups in total. The van der Waals surface area contributed by atoms with E-state index in [0.717, 1.165) is 0 Å². The predicted molar refractivity (Wildman–Crippen MR) is 185 cm³/mol. The Bertz CT molecular complexity index is 2270. The molecule has 0 aliphatic carbocycles. The first-order valence-electron chi connectivity index (χ1n) is 15.0. The molecule has 0 aliphatic rings. The van der Waals surface area contributed by atoms with Gasteiger partial charge in [0.1, 0.15) is 11.5 Å². The van der Waals surface area contributed by atoms with Crippen LogP contribution in [0.4, 0.5) is 0 Å². The highest BCUT2D eigenvalue weighted by molar-refractivity contribution is 7.89. The van der Waals surface area contributed by atoms with Gasteiger partial charge in [-0.25, -0.2) is 13.8 Å². The van der Waals surface area contributed by atoms with E-state index in [0.29, 0.717) is 34.3 Å². The van der Waals surface area contributed by atoms with E-state index in [4.69, 9.17) is 18.4 Å². The lowest BCUT2D eigenvalue weighted by atomic mass is 9.92. The molecule has 5 aromatic rings. The van der Waals surface area contributed by atoms with E-state index in [1.165, 1.54) is 80.9 Å². The van der Waals surface area contributed by atoms with Gasteiger partial charge >= 0.3 is 11.9 Å². The van der Waals surface area contributed by atoms with Gasteiger partial charge in [-0.2, -0.15) is 16.8 Å². The summed E-state index contributed by atoms with van der Waals surface area (Å²) in [5.41, 5.74) is 0.387. The van der Waals surface area contributed by atoms with Gasteiger partial charge in [0.15, 0.2) is 0 Å². The number of hydrogen-bond acceptors (Lipinski definition) is 11. The van der Waals surface area contributed by atoms with Crippen LogP contribution in [0.15, 0.2) is 120 Å². The lowest BCUT2D eigenvalue weighted by molar-refractivity contribution is -0.129. The minimum absolute atomic E-state index is 0.0461. The van der Waals surface area contributed by atoms with Crippen molar-refractivity contribution in [2.24, 2.45) is 0 Å². The lowest BCUT2D eigenvalue weighted by Crippen LogP contribution is -2.21. The maximum absolute atomic E-state index is 14.5. The van der Waals surface area contributed by atoms with Crippen molar-refractivity contribution >= 4 is 38.6 Å². The van der Waals surface area contributed by atoms with Crippen LogP contribution in [0.1, 0.15) is 37.3 Å². The van der Waals surface area contributed by atoms with Crippen molar-refractivity contribution in [2.45, 2.75) is 16.9 Å². The first-order valence-corrected chi connectivity index (χ1v) is 17.9. The number of benzene rings is 5. The van der Waals surface area contributed by atoms with Gasteiger partial charge in [0.05, 0.1) is 25.3 Å². The topological polar surface area (TPSA) is 177 Å². The molecule has 0 bridgehead atoms. The van der Waals surface area contributed by atoms with Crippen LogP contribution >= 0.6 is 0 Å². The molecule has 0 saturated heterocycles. The standard InChI is InChI=1S/C37H30O12S2/c1-46-35(39)28-16-12-25(13-17-28)31-20-32(26-10-8-24(9-11-26)22-48-23-38)34(33(21-31)27-14-18-29(19-15-27)36(40)47-2)51(44,45)49-37(50(41,42)43)30-6-4-3-5-7-30/h3-21,23,37H,22H2,1-2H3,(H,41,42,43). The number of ether oxygens (including phenoxy) is 3. The molecule has 0 saturated carbocycles. The summed E-state index contributed by atoms with van der Waals surface area (Å²) in [5, 5.41) is 0. The number of methoxy groups -OCH3 is 2. The third-order valence-corrected chi connectivity index (χ3v) is 10.2. The Hall–Kier alpha value is -5.67. The van der Waals surface area contributed by atoms with Gasteiger partial charge in [0.2, 0.25) is 5.44 Å². The van der Waals surface area contributed by atoms with Crippen molar-refractivity contribution in [3.05, 3.63) is 138 Å². The van der Waals surface area contributed by atoms with E-state index in [9.17, 15) is 35.8 Å². The van der Waals surface area contributed by atoms with E-state index in [1.54, 1.807) is 48.5 Å². The summed E-state index contributed by atoms with van der Waals surface area (Å²) in [5.74, 6) is -1.19. The van der Waals surface area contributed by atoms with Crippen LogP contribution in [0.2, 0.25) is 0 Å². The number of hydrogen-bond donors (Lipinski definition) is 1. The smallest absolute Gasteiger partial charge is 0.337 e. The molecule has 0 heterocycles. The van der Waals surface area contributed by atoms with Crippen molar-refractivity contribution in [1.82, 2.24) is 0 Å². The quantitative estimate of drug-likeness (QED) is 0.0476. The second-order valence-corrected chi connectivity index (χ2v) is 13.9. The number of carbonyl (C=O) groups excluding carboxylic acids is 3. The van der Waals surface area contributed by atoms with E-state index in [1.807, 2.05) is 0 Å². The minimum Gasteiger partial charge on any atom is -0.465 e. The van der Waals surface area contributed by atoms with Crippen molar-refractivity contribution in [3.8, 4) is 33.4 Å². The van der Waals surface area contributed by atoms with Crippen LogP contribution in [0.3, 0.4) is 0 Å². The Morgan fingerprint density at radius 3 is 1.59 bits per heavy atom. The summed E-state index contributed by atoms with van der Waals surface area (Å²) in [4.78, 5) is 34.7. The van der Waals surface area contributed by atoms with Gasteiger partial charge in [-0.05, 0) is 69.8 Å². The monoisotopic (exact) mass is 730 g/mol. The summed E-state index contributed by atoms with van der Waals surface area (Å²) >= 11 is 0. The molecule has 262 valence electrons. The zero-order valence-electron chi connectivity index (χ0n) is 27.1. The van der Waals surface area contributed by atoms with Crippen molar-refractivity contribution in [1.29, 1.82) is 0 Å². The van der Waals surface area contributed by atoms with Gasteiger partial charge in [-0.1, -0.05) is 78.9 Å². The first-order chi connectivity index (χ1) is 24.4. The van der Waals surface area contributed by atoms with Crippen LogP contribution in [-0.2, 0) is 50.0 Å². The van der Waals surface area contributed by atoms with Crippen LogP contribution < -0.4 is 0 Å². The highest BCUT2D eigenvalue weighted by Crippen LogP contribution is 2.43. The Morgan fingerprint density at radius 2 is 1.14 bits per heavy atom. The molecule has 1 atom stereocenters. The fraction of sp³-hybridized carbons (Fsp3) is 0.108. The molecule has 12 nitrogen and oxygen atoms in total. The average molecular weight is 731 g/mol. The van der Waals surface area contributed by atoms with E-state index < -0.39 is 42.5 Å².